The summed E-state index contributed by atoms with van der Waals surface area (Å²) in [7, 11) is 0. The van der Waals surface area contributed by atoms with Crippen LogP contribution in [0, 0.1) is 5.92 Å². The maximum atomic E-state index is 11.4. The zero-order valence-electron chi connectivity index (χ0n) is 8.36. The van der Waals surface area contributed by atoms with Gasteiger partial charge in [0.1, 0.15) is 12.0 Å². The van der Waals surface area contributed by atoms with Crippen LogP contribution in [0.2, 0.25) is 0 Å². The summed E-state index contributed by atoms with van der Waals surface area (Å²) in [5.74, 6) is -0.0321. The van der Waals surface area contributed by atoms with Crippen molar-refractivity contribution >= 4 is 5.91 Å². The highest BCUT2D eigenvalue weighted by molar-refractivity contribution is 5.81. The van der Waals surface area contributed by atoms with Crippen LogP contribution in [-0.2, 0) is 11.3 Å². The second-order valence-corrected chi connectivity index (χ2v) is 3.48. The Morgan fingerprint density at radius 3 is 2.93 bits per heavy atom. The molecule has 0 fully saturated rings. The summed E-state index contributed by atoms with van der Waals surface area (Å²) in [4.78, 5) is 11.4. The Hall–Kier alpha value is -1.36. The van der Waals surface area contributed by atoms with Gasteiger partial charge >= 0.3 is 0 Å². The molecule has 0 aliphatic carbocycles. The largest absolute Gasteiger partial charge is 0.364 e. The Kier molecular flexibility index (Phi) is 3.64. The molecule has 5 heteroatoms. The normalized spacial score (nSPS) is 12.9. The first-order chi connectivity index (χ1) is 6.61. The monoisotopic (exact) mass is 197 g/mol. The van der Waals surface area contributed by atoms with E-state index < -0.39 is 6.04 Å². The maximum absolute atomic E-state index is 11.4. The van der Waals surface area contributed by atoms with Gasteiger partial charge in [-0.25, -0.2) is 0 Å². The van der Waals surface area contributed by atoms with Crippen molar-refractivity contribution in [2.24, 2.45) is 11.7 Å². The Bertz CT molecular complexity index is 282. The van der Waals surface area contributed by atoms with E-state index in [1.807, 2.05) is 13.8 Å². The van der Waals surface area contributed by atoms with Gasteiger partial charge in [-0.3, -0.25) is 4.79 Å². The average molecular weight is 197 g/mol. The molecule has 1 aromatic heterocycles. The molecule has 78 valence electrons. The third-order valence-corrected chi connectivity index (χ3v) is 1.96. The predicted molar refractivity (Wildman–Crippen MR) is 51.2 cm³/mol. The van der Waals surface area contributed by atoms with E-state index in [1.165, 1.54) is 6.26 Å². The molecule has 3 N–H and O–H groups in total. The lowest BCUT2D eigenvalue weighted by molar-refractivity contribution is -0.123. The molecule has 5 nitrogen and oxygen atoms in total. The molecule has 0 saturated carbocycles. The smallest absolute Gasteiger partial charge is 0.237 e. The van der Waals surface area contributed by atoms with Crippen molar-refractivity contribution < 1.29 is 9.32 Å². The number of carbonyl (C=O) groups excluding carboxylic acids is 1. The van der Waals surface area contributed by atoms with Gasteiger partial charge in [0.2, 0.25) is 5.91 Å². The summed E-state index contributed by atoms with van der Waals surface area (Å²) in [5.41, 5.74) is 6.33. The summed E-state index contributed by atoms with van der Waals surface area (Å²) < 4.78 is 4.62. The zero-order valence-corrected chi connectivity index (χ0v) is 8.36. The highest BCUT2D eigenvalue weighted by Gasteiger charge is 2.16. The summed E-state index contributed by atoms with van der Waals surface area (Å²) in [6, 6.07) is 1.23. The summed E-state index contributed by atoms with van der Waals surface area (Å²) >= 11 is 0. The number of amides is 1. The van der Waals surface area contributed by atoms with Crippen LogP contribution < -0.4 is 11.1 Å². The molecule has 1 aromatic rings. The Balaban J connectivity index is 2.35. The van der Waals surface area contributed by atoms with Crippen molar-refractivity contribution in [1.29, 1.82) is 0 Å². The first-order valence-electron chi connectivity index (χ1n) is 4.54. The van der Waals surface area contributed by atoms with E-state index in [2.05, 4.69) is 15.0 Å². The molecule has 1 rings (SSSR count). The van der Waals surface area contributed by atoms with Gasteiger partial charge in [-0.2, -0.15) is 0 Å². The lowest BCUT2D eigenvalue weighted by Crippen LogP contribution is -2.43. The molecule has 14 heavy (non-hydrogen) atoms. The minimum atomic E-state index is -0.470. The fourth-order valence-corrected chi connectivity index (χ4v) is 0.927. The second kappa shape index (κ2) is 4.76. The lowest BCUT2D eigenvalue weighted by Gasteiger charge is -2.14. The van der Waals surface area contributed by atoms with Gasteiger partial charge in [-0.1, -0.05) is 19.0 Å². The quantitative estimate of drug-likeness (QED) is 0.726. The Morgan fingerprint density at radius 1 is 1.71 bits per heavy atom. The SMILES string of the molecule is CC(C)[C@H](N)C(=O)NCc1ccon1. The molecular formula is C9H15N3O2. The van der Waals surface area contributed by atoms with Gasteiger partial charge in [0.25, 0.3) is 0 Å². The minimum absolute atomic E-state index is 0.132. The van der Waals surface area contributed by atoms with E-state index in [0.717, 1.165) is 0 Å². The molecule has 0 bridgehead atoms. The molecule has 1 amide bonds. The summed E-state index contributed by atoms with van der Waals surface area (Å²) in [6.45, 7) is 4.16. The van der Waals surface area contributed by atoms with Gasteiger partial charge in [0.05, 0.1) is 12.6 Å². The Morgan fingerprint density at radius 2 is 2.43 bits per heavy atom. The zero-order chi connectivity index (χ0) is 10.6. The number of nitrogens with zero attached hydrogens (tertiary/aromatic N) is 1. The summed E-state index contributed by atoms with van der Waals surface area (Å²) in [6.07, 6.45) is 1.46. The van der Waals surface area contributed by atoms with Crippen LogP contribution in [0.25, 0.3) is 0 Å². The number of aromatic nitrogens is 1. The van der Waals surface area contributed by atoms with Crippen LogP contribution in [-0.4, -0.2) is 17.1 Å². The van der Waals surface area contributed by atoms with Crippen molar-refractivity contribution in [2.45, 2.75) is 26.4 Å². The fraction of sp³-hybridized carbons (Fsp3) is 0.556. The second-order valence-electron chi connectivity index (χ2n) is 3.48. The number of nitrogens with two attached hydrogens (primary N) is 1. The van der Waals surface area contributed by atoms with Gasteiger partial charge in [0.15, 0.2) is 0 Å². The van der Waals surface area contributed by atoms with E-state index in [4.69, 9.17) is 5.73 Å². The van der Waals surface area contributed by atoms with E-state index in [0.29, 0.717) is 12.2 Å². The topological polar surface area (TPSA) is 81.2 Å². The third-order valence-electron chi connectivity index (χ3n) is 1.96. The van der Waals surface area contributed by atoms with Crippen LogP contribution in [0.4, 0.5) is 0 Å². The average Bonchev–Trinajstić information content (AvgIpc) is 2.65. The van der Waals surface area contributed by atoms with Crippen molar-refractivity contribution in [2.75, 3.05) is 0 Å². The van der Waals surface area contributed by atoms with E-state index in [-0.39, 0.29) is 11.8 Å². The maximum Gasteiger partial charge on any atom is 0.237 e. The molecule has 0 spiro atoms. The first kappa shape index (κ1) is 10.7. The van der Waals surface area contributed by atoms with Crippen LogP contribution in [0.1, 0.15) is 19.5 Å². The van der Waals surface area contributed by atoms with E-state index in [9.17, 15) is 4.79 Å². The number of nitrogens with one attached hydrogen (secondary N) is 1. The molecule has 1 atom stereocenters. The van der Waals surface area contributed by atoms with Gasteiger partial charge in [0, 0.05) is 6.07 Å². The van der Waals surface area contributed by atoms with Crippen molar-refractivity contribution in [1.82, 2.24) is 10.5 Å². The number of hydrogen-bond donors (Lipinski definition) is 2. The van der Waals surface area contributed by atoms with E-state index >= 15 is 0 Å². The number of hydrogen-bond acceptors (Lipinski definition) is 4. The molecule has 0 aliphatic rings. The first-order valence-corrected chi connectivity index (χ1v) is 4.54. The van der Waals surface area contributed by atoms with Crippen molar-refractivity contribution in [3.05, 3.63) is 18.0 Å². The fourth-order valence-electron chi connectivity index (χ4n) is 0.927. The lowest BCUT2D eigenvalue weighted by atomic mass is 10.1. The standard InChI is InChI=1S/C9H15N3O2/c1-6(2)8(10)9(13)11-5-7-3-4-14-12-7/h3-4,6,8H,5,10H2,1-2H3,(H,11,13)/t8-/m0/s1. The number of carbonyl (C=O) groups is 1. The van der Waals surface area contributed by atoms with Crippen LogP contribution in [0.3, 0.4) is 0 Å². The highest BCUT2D eigenvalue weighted by atomic mass is 16.5. The predicted octanol–water partition coefficient (Wildman–Crippen LogP) is 0.274. The van der Waals surface area contributed by atoms with Crippen molar-refractivity contribution in [3.63, 3.8) is 0 Å². The van der Waals surface area contributed by atoms with E-state index in [1.54, 1.807) is 6.07 Å². The molecule has 1 heterocycles. The van der Waals surface area contributed by atoms with Crippen LogP contribution in [0.5, 0.6) is 0 Å². The molecule has 0 unspecified atom stereocenters. The summed E-state index contributed by atoms with van der Waals surface area (Å²) in [5, 5.41) is 6.34. The molecule has 0 radical (unpaired) electrons. The Labute approximate surface area is 82.6 Å². The molecule has 0 saturated heterocycles. The highest BCUT2D eigenvalue weighted by Crippen LogP contribution is 1.99. The van der Waals surface area contributed by atoms with Gasteiger partial charge in [-0.15, -0.1) is 0 Å². The molecule has 0 aromatic carbocycles. The molecule has 0 aliphatic heterocycles. The third kappa shape index (κ3) is 2.85. The van der Waals surface area contributed by atoms with Crippen LogP contribution >= 0.6 is 0 Å². The van der Waals surface area contributed by atoms with Crippen LogP contribution in [0.15, 0.2) is 16.9 Å². The van der Waals surface area contributed by atoms with Gasteiger partial charge in [-0.05, 0) is 5.92 Å². The number of rotatable bonds is 4. The van der Waals surface area contributed by atoms with Gasteiger partial charge < -0.3 is 15.6 Å². The molecular weight excluding hydrogens is 182 g/mol. The van der Waals surface area contributed by atoms with Crippen molar-refractivity contribution in [3.8, 4) is 0 Å². The minimum Gasteiger partial charge on any atom is -0.364 e.